The molecule has 0 spiro atoms. The van der Waals surface area contributed by atoms with Crippen molar-refractivity contribution < 1.29 is 21.6 Å². The van der Waals surface area contributed by atoms with Crippen LogP contribution in [0, 0.1) is 18.3 Å². The van der Waals surface area contributed by atoms with E-state index in [2.05, 4.69) is 20.6 Å². The van der Waals surface area contributed by atoms with Crippen molar-refractivity contribution in [3.8, 4) is 6.07 Å². The minimum atomic E-state index is -3.84. The van der Waals surface area contributed by atoms with Gasteiger partial charge in [-0.15, -0.1) is 0 Å². The summed E-state index contributed by atoms with van der Waals surface area (Å²) >= 11 is 0. The number of hydrogen-bond donors (Lipinski definition) is 4. The molecule has 0 bridgehead atoms. The van der Waals surface area contributed by atoms with Gasteiger partial charge in [0.25, 0.3) is 5.91 Å². The van der Waals surface area contributed by atoms with Gasteiger partial charge in [0, 0.05) is 70.3 Å². The monoisotopic (exact) mass is 670 g/mol. The zero-order chi connectivity index (χ0) is 33.6. The zero-order valence-corrected chi connectivity index (χ0v) is 27.5. The molecule has 6 N–H and O–H groups in total. The van der Waals surface area contributed by atoms with Crippen LogP contribution in [0.25, 0.3) is 0 Å². The number of nitriles is 1. The fourth-order valence-electron chi connectivity index (χ4n) is 4.79. The van der Waals surface area contributed by atoms with E-state index in [1.807, 2.05) is 11.0 Å². The molecule has 2 aromatic carbocycles. The van der Waals surface area contributed by atoms with Gasteiger partial charge in [0.2, 0.25) is 26.0 Å². The minimum absolute atomic E-state index is 0.0532. The van der Waals surface area contributed by atoms with Crippen LogP contribution in [0.5, 0.6) is 0 Å². The SMILES string of the molecule is Cc1cc(C#N)nc(N2CCN(S(=O)(=O)c3ccc(NC(=O)c4cc(CNC(CN)CN)ccc4N(C)S(C)(=O)=O)cc3)CC2)n1. The number of rotatable bonds is 12. The highest BCUT2D eigenvalue weighted by Gasteiger charge is 2.30. The predicted octanol–water partition coefficient (Wildman–Crippen LogP) is 0.191. The van der Waals surface area contributed by atoms with Crippen LogP contribution in [0.2, 0.25) is 0 Å². The summed E-state index contributed by atoms with van der Waals surface area (Å²) in [6.07, 6.45) is 1.04. The number of carbonyl (C=O) groups is 1. The molecule has 0 radical (unpaired) electrons. The molecule has 1 aromatic heterocycles. The second-order valence-corrected chi connectivity index (χ2v) is 14.8. The van der Waals surface area contributed by atoms with Crippen molar-refractivity contribution in [2.24, 2.45) is 11.5 Å². The van der Waals surface area contributed by atoms with Gasteiger partial charge < -0.3 is 27.0 Å². The summed E-state index contributed by atoms with van der Waals surface area (Å²) in [5.74, 6) is -0.192. The van der Waals surface area contributed by atoms with Crippen LogP contribution < -0.4 is 31.3 Å². The van der Waals surface area contributed by atoms with Gasteiger partial charge in [0.1, 0.15) is 11.8 Å². The van der Waals surface area contributed by atoms with Gasteiger partial charge >= 0.3 is 0 Å². The van der Waals surface area contributed by atoms with Gasteiger partial charge in [-0.05, 0) is 55.0 Å². The predicted molar refractivity (Wildman–Crippen MR) is 175 cm³/mol. The van der Waals surface area contributed by atoms with E-state index in [1.54, 1.807) is 31.2 Å². The molecule has 1 amide bonds. The summed E-state index contributed by atoms with van der Waals surface area (Å²) in [4.78, 5) is 24.0. The van der Waals surface area contributed by atoms with Crippen molar-refractivity contribution in [1.82, 2.24) is 19.6 Å². The maximum Gasteiger partial charge on any atom is 0.257 e. The lowest BCUT2D eigenvalue weighted by Gasteiger charge is -2.34. The lowest BCUT2D eigenvalue weighted by Crippen LogP contribution is -2.49. The number of carbonyl (C=O) groups excluding carboxylic acids is 1. The fraction of sp³-hybridized carbons (Fsp3) is 0.379. The van der Waals surface area contributed by atoms with Crippen LogP contribution in [-0.4, -0.2) is 95.6 Å². The summed E-state index contributed by atoms with van der Waals surface area (Å²) in [5, 5.41) is 15.2. The standard InChI is InChI=1S/C29H38N10O5S2/c1-20-14-23(16-30)36-29(34-20)38-10-12-39(13-11-38)46(43,44)25-7-5-22(6-8-25)35-28(40)26-15-21(19-33-24(17-31)18-32)4-9-27(26)37(2)45(3,41)42/h4-9,14-15,24,33H,10-13,17-19,31-32H2,1-3H3,(H,35,40). The number of aryl methyl sites for hydroxylation is 1. The summed E-state index contributed by atoms with van der Waals surface area (Å²) in [5.41, 5.74) is 13.6. The van der Waals surface area contributed by atoms with E-state index in [0.29, 0.717) is 55.6 Å². The van der Waals surface area contributed by atoms with Crippen molar-refractivity contribution in [2.75, 3.05) is 67.1 Å². The quantitative estimate of drug-likeness (QED) is 0.203. The highest BCUT2D eigenvalue weighted by molar-refractivity contribution is 7.92. The van der Waals surface area contributed by atoms with Crippen molar-refractivity contribution in [2.45, 2.75) is 24.4 Å². The smallest absolute Gasteiger partial charge is 0.257 e. The highest BCUT2D eigenvalue weighted by atomic mass is 32.2. The summed E-state index contributed by atoms with van der Waals surface area (Å²) in [7, 11) is -6.16. The Kier molecular flexibility index (Phi) is 10.9. The number of aromatic nitrogens is 2. The highest BCUT2D eigenvalue weighted by Crippen LogP contribution is 2.26. The Labute approximate surface area is 269 Å². The van der Waals surface area contributed by atoms with Crippen LogP contribution in [0.1, 0.15) is 27.3 Å². The molecular weight excluding hydrogens is 633 g/mol. The average molecular weight is 671 g/mol. The second-order valence-electron chi connectivity index (χ2n) is 10.8. The number of piperazine rings is 1. The van der Waals surface area contributed by atoms with Gasteiger partial charge in [-0.2, -0.15) is 9.57 Å². The van der Waals surface area contributed by atoms with Crippen molar-refractivity contribution >= 4 is 43.3 Å². The van der Waals surface area contributed by atoms with Gasteiger partial charge in [-0.25, -0.2) is 26.8 Å². The van der Waals surface area contributed by atoms with Crippen molar-refractivity contribution in [3.05, 3.63) is 71.0 Å². The van der Waals surface area contributed by atoms with Gasteiger partial charge in [-0.3, -0.25) is 9.10 Å². The minimum Gasteiger partial charge on any atom is -0.338 e. The Morgan fingerprint density at radius 2 is 1.67 bits per heavy atom. The van der Waals surface area contributed by atoms with E-state index in [-0.39, 0.29) is 41.0 Å². The van der Waals surface area contributed by atoms with Gasteiger partial charge in [0.05, 0.1) is 22.4 Å². The molecule has 0 aliphatic carbocycles. The number of hydrogen-bond acceptors (Lipinski definition) is 12. The van der Waals surface area contributed by atoms with Gasteiger partial charge in [-0.1, -0.05) is 6.07 Å². The lowest BCUT2D eigenvalue weighted by molar-refractivity contribution is 0.102. The number of amides is 1. The molecule has 1 aliphatic rings. The van der Waals surface area contributed by atoms with Crippen molar-refractivity contribution in [3.63, 3.8) is 0 Å². The topological polar surface area (TPSA) is 221 Å². The first kappa shape index (κ1) is 34.7. The van der Waals surface area contributed by atoms with E-state index >= 15 is 0 Å². The molecule has 1 saturated heterocycles. The molecule has 15 nitrogen and oxygen atoms in total. The normalized spacial score (nSPS) is 14.2. The van der Waals surface area contributed by atoms with Crippen LogP contribution >= 0.6 is 0 Å². The molecule has 0 saturated carbocycles. The second kappa shape index (κ2) is 14.5. The number of anilines is 3. The van der Waals surface area contributed by atoms with E-state index in [4.69, 9.17) is 11.5 Å². The largest absolute Gasteiger partial charge is 0.338 e. The van der Waals surface area contributed by atoms with Crippen LogP contribution in [0.4, 0.5) is 17.3 Å². The summed E-state index contributed by atoms with van der Waals surface area (Å²) < 4.78 is 53.8. The Hall–Kier alpha value is -4.18. The third kappa shape index (κ3) is 8.15. The molecule has 3 aromatic rings. The molecule has 1 aliphatic heterocycles. The fourth-order valence-corrected chi connectivity index (χ4v) is 6.73. The van der Waals surface area contributed by atoms with E-state index < -0.39 is 26.0 Å². The Balaban J connectivity index is 1.48. The maximum absolute atomic E-state index is 13.5. The molecule has 246 valence electrons. The Morgan fingerprint density at radius 1 is 1.02 bits per heavy atom. The number of nitrogens with zero attached hydrogens (tertiary/aromatic N) is 6. The first-order chi connectivity index (χ1) is 21.8. The molecule has 1 fully saturated rings. The van der Waals surface area contributed by atoms with Crippen LogP contribution in [0.3, 0.4) is 0 Å². The first-order valence-electron chi connectivity index (χ1n) is 14.4. The molecule has 2 heterocycles. The number of nitrogens with one attached hydrogen (secondary N) is 2. The number of benzene rings is 2. The Bertz CT molecular complexity index is 1820. The molecule has 4 rings (SSSR count). The molecule has 46 heavy (non-hydrogen) atoms. The third-order valence-electron chi connectivity index (χ3n) is 7.53. The number of sulfonamides is 2. The van der Waals surface area contributed by atoms with Crippen LogP contribution in [0.15, 0.2) is 53.4 Å². The van der Waals surface area contributed by atoms with E-state index in [1.165, 1.54) is 35.6 Å². The van der Waals surface area contributed by atoms with Gasteiger partial charge in [0.15, 0.2) is 0 Å². The first-order valence-corrected chi connectivity index (χ1v) is 17.7. The van der Waals surface area contributed by atoms with E-state index in [9.17, 15) is 26.9 Å². The molecular formula is C29H38N10O5S2. The van der Waals surface area contributed by atoms with E-state index in [0.717, 1.165) is 10.6 Å². The Morgan fingerprint density at radius 3 is 2.26 bits per heavy atom. The third-order valence-corrected chi connectivity index (χ3v) is 10.6. The molecule has 17 heteroatoms. The molecule has 0 atom stereocenters. The maximum atomic E-state index is 13.5. The summed E-state index contributed by atoms with van der Waals surface area (Å²) in [6, 6.07) is 14.1. The number of nitrogens with two attached hydrogens (primary N) is 2. The zero-order valence-electron chi connectivity index (χ0n) is 25.8. The molecule has 0 unspecified atom stereocenters. The summed E-state index contributed by atoms with van der Waals surface area (Å²) in [6.45, 7) is 3.85. The van der Waals surface area contributed by atoms with Crippen molar-refractivity contribution in [1.29, 1.82) is 5.26 Å². The van der Waals surface area contributed by atoms with Crippen LogP contribution in [-0.2, 0) is 26.6 Å². The lowest BCUT2D eigenvalue weighted by atomic mass is 10.1. The average Bonchev–Trinajstić information content (AvgIpc) is 3.04.